The van der Waals surface area contributed by atoms with Crippen LogP contribution in [-0.4, -0.2) is 39.4 Å². The Hall–Kier alpha value is -2.97. The van der Waals surface area contributed by atoms with Crippen molar-refractivity contribution in [3.63, 3.8) is 0 Å². The van der Waals surface area contributed by atoms with Gasteiger partial charge in [0, 0.05) is 35.9 Å². The maximum absolute atomic E-state index is 12.6. The molecule has 4 rings (SSSR count). The Morgan fingerprint density at radius 1 is 0.871 bits per heavy atom. The molecule has 1 saturated heterocycles. The summed E-state index contributed by atoms with van der Waals surface area (Å²) < 4.78 is 41.8. The molecule has 1 unspecified atom stereocenters. The minimum atomic E-state index is -4.76. The largest absolute Gasteiger partial charge is 0.573 e. The van der Waals surface area contributed by atoms with Gasteiger partial charge in [-0.05, 0) is 55.8 Å². The van der Waals surface area contributed by atoms with Gasteiger partial charge in [0.2, 0.25) is 0 Å². The van der Waals surface area contributed by atoms with E-state index in [1.807, 2.05) is 0 Å². The normalized spacial score (nSPS) is 16.3. The molecular formula is C23H22F3N3O2. The molecule has 0 bridgehead atoms. The third-order valence-electron chi connectivity index (χ3n) is 5.53. The Morgan fingerprint density at radius 2 is 1.42 bits per heavy atom. The lowest BCUT2D eigenvalue weighted by molar-refractivity contribution is -0.274. The van der Waals surface area contributed by atoms with Crippen LogP contribution in [0.25, 0.3) is 0 Å². The first kappa shape index (κ1) is 21.3. The molecule has 1 aliphatic rings. The van der Waals surface area contributed by atoms with Crippen LogP contribution in [0.5, 0.6) is 5.75 Å². The molecule has 0 amide bonds. The van der Waals surface area contributed by atoms with Gasteiger partial charge in [0.05, 0.1) is 6.04 Å². The number of aromatic nitrogens is 2. The molecule has 31 heavy (non-hydrogen) atoms. The van der Waals surface area contributed by atoms with Crippen LogP contribution in [-0.2, 0) is 5.60 Å². The lowest BCUT2D eigenvalue weighted by Gasteiger charge is -2.42. The highest BCUT2D eigenvalue weighted by atomic mass is 19.4. The zero-order valence-corrected chi connectivity index (χ0v) is 16.7. The Bertz CT molecular complexity index is 937. The first-order valence-corrected chi connectivity index (χ1v) is 10.0. The van der Waals surface area contributed by atoms with E-state index in [0.29, 0.717) is 16.7 Å². The predicted octanol–water partition coefficient (Wildman–Crippen LogP) is 4.45. The summed E-state index contributed by atoms with van der Waals surface area (Å²) >= 11 is 0. The fourth-order valence-corrected chi connectivity index (χ4v) is 4.23. The molecule has 1 aromatic carbocycles. The number of rotatable bonds is 6. The molecule has 0 saturated carbocycles. The Morgan fingerprint density at radius 3 is 1.87 bits per heavy atom. The molecule has 3 heterocycles. The summed E-state index contributed by atoms with van der Waals surface area (Å²) in [6, 6.07) is 12.2. The standard InChI is InChI=1S/C23H22F3N3O2/c24-23(25,26)31-20-9-7-17(8-10-20)21(29-13-1-2-14-29)22(30,18-5-3-11-27-15-18)19-6-4-12-28-16-19/h3-12,15-16,21,30H,1-2,13-14H2. The van der Waals surface area contributed by atoms with Crippen molar-refractivity contribution in [2.75, 3.05) is 13.1 Å². The van der Waals surface area contributed by atoms with Gasteiger partial charge in [-0.2, -0.15) is 0 Å². The number of alkyl halides is 3. The van der Waals surface area contributed by atoms with Gasteiger partial charge in [-0.1, -0.05) is 24.3 Å². The van der Waals surface area contributed by atoms with Crippen LogP contribution in [0.2, 0.25) is 0 Å². The number of pyridine rings is 2. The monoisotopic (exact) mass is 429 g/mol. The van der Waals surface area contributed by atoms with E-state index < -0.39 is 18.0 Å². The maximum Gasteiger partial charge on any atom is 0.573 e. The maximum atomic E-state index is 12.6. The number of hydrogen-bond donors (Lipinski definition) is 1. The van der Waals surface area contributed by atoms with Gasteiger partial charge in [0.1, 0.15) is 11.4 Å². The van der Waals surface area contributed by atoms with Crippen molar-refractivity contribution in [2.45, 2.75) is 30.8 Å². The summed E-state index contributed by atoms with van der Waals surface area (Å²) in [5.41, 5.74) is 0.317. The Labute approximate surface area is 178 Å². The Balaban J connectivity index is 1.83. The van der Waals surface area contributed by atoms with Gasteiger partial charge < -0.3 is 9.84 Å². The first-order valence-electron chi connectivity index (χ1n) is 10.0. The minimum Gasteiger partial charge on any atom is -0.406 e. The summed E-state index contributed by atoms with van der Waals surface area (Å²) in [5, 5.41) is 12.3. The summed E-state index contributed by atoms with van der Waals surface area (Å²) in [4.78, 5) is 10.5. The number of benzene rings is 1. The van der Waals surface area contributed by atoms with Crippen LogP contribution in [0.1, 0.15) is 35.6 Å². The minimum absolute atomic E-state index is 0.303. The van der Waals surface area contributed by atoms with Crippen LogP contribution in [0.15, 0.2) is 73.3 Å². The topological polar surface area (TPSA) is 58.5 Å². The van der Waals surface area contributed by atoms with Gasteiger partial charge in [-0.15, -0.1) is 13.2 Å². The van der Waals surface area contributed by atoms with Crippen molar-refractivity contribution >= 4 is 0 Å². The van der Waals surface area contributed by atoms with Crippen molar-refractivity contribution < 1.29 is 23.0 Å². The fourth-order valence-electron chi connectivity index (χ4n) is 4.23. The molecule has 1 N–H and O–H groups in total. The average Bonchev–Trinajstić information content (AvgIpc) is 3.29. The summed E-state index contributed by atoms with van der Waals surface area (Å²) in [5.74, 6) is -0.303. The van der Waals surface area contributed by atoms with Crippen molar-refractivity contribution in [2.24, 2.45) is 0 Å². The highest BCUT2D eigenvalue weighted by molar-refractivity contribution is 5.41. The average molecular weight is 429 g/mol. The lowest BCUT2D eigenvalue weighted by atomic mass is 9.77. The highest BCUT2D eigenvalue weighted by Crippen LogP contribution is 2.45. The molecule has 8 heteroatoms. The number of ether oxygens (including phenoxy) is 1. The Kier molecular flexibility index (Phi) is 5.93. The van der Waals surface area contributed by atoms with Crippen molar-refractivity contribution in [1.82, 2.24) is 14.9 Å². The fraction of sp³-hybridized carbons (Fsp3) is 0.304. The second-order valence-electron chi connectivity index (χ2n) is 7.51. The molecular weight excluding hydrogens is 407 g/mol. The third-order valence-corrected chi connectivity index (χ3v) is 5.53. The van der Waals surface area contributed by atoms with Crippen molar-refractivity contribution in [3.8, 4) is 5.75 Å². The summed E-state index contributed by atoms with van der Waals surface area (Å²) in [6.45, 7) is 1.52. The van der Waals surface area contributed by atoms with Gasteiger partial charge in [-0.3, -0.25) is 14.9 Å². The first-order chi connectivity index (χ1) is 14.9. The molecule has 0 aliphatic carbocycles. The smallest absolute Gasteiger partial charge is 0.406 e. The number of hydrogen-bond acceptors (Lipinski definition) is 5. The van der Waals surface area contributed by atoms with Crippen molar-refractivity contribution in [3.05, 3.63) is 90.0 Å². The van der Waals surface area contributed by atoms with E-state index in [0.717, 1.165) is 25.9 Å². The third kappa shape index (κ3) is 4.55. The van der Waals surface area contributed by atoms with E-state index in [2.05, 4.69) is 19.6 Å². The SMILES string of the molecule is OC(c1cccnc1)(c1cccnc1)C(c1ccc(OC(F)(F)F)cc1)N1CCCC1. The van der Waals surface area contributed by atoms with Gasteiger partial charge in [0.25, 0.3) is 0 Å². The zero-order valence-electron chi connectivity index (χ0n) is 16.7. The van der Waals surface area contributed by atoms with E-state index in [-0.39, 0.29) is 5.75 Å². The van der Waals surface area contributed by atoms with Crippen LogP contribution >= 0.6 is 0 Å². The molecule has 1 aliphatic heterocycles. The summed E-state index contributed by atoms with van der Waals surface area (Å²) in [6.07, 6.45) is 3.66. The van der Waals surface area contributed by atoms with Crippen LogP contribution in [0, 0.1) is 0 Å². The molecule has 1 atom stereocenters. The van der Waals surface area contributed by atoms with Crippen molar-refractivity contribution in [1.29, 1.82) is 0 Å². The summed E-state index contributed by atoms with van der Waals surface area (Å²) in [7, 11) is 0. The number of nitrogens with zero attached hydrogens (tertiary/aromatic N) is 3. The molecule has 162 valence electrons. The number of halogens is 3. The molecule has 2 aromatic heterocycles. The molecule has 5 nitrogen and oxygen atoms in total. The van der Waals surface area contributed by atoms with E-state index in [1.165, 1.54) is 12.1 Å². The van der Waals surface area contributed by atoms with E-state index in [1.54, 1.807) is 61.2 Å². The number of aliphatic hydroxyl groups is 1. The second kappa shape index (κ2) is 8.64. The van der Waals surface area contributed by atoms with Gasteiger partial charge in [0.15, 0.2) is 0 Å². The highest BCUT2D eigenvalue weighted by Gasteiger charge is 2.45. The van der Waals surface area contributed by atoms with E-state index in [4.69, 9.17) is 0 Å². The number of likely N-dealkylation sites (tertiary alicyclic amines) is 1. The van der Waals surface area contributed by atoms with Crippen LogP contribution < -0.4 is 4.74 Å². The molecule has 0 spiro atoms. The van der Waals surface area contributed by atoms with E-state index in [9.17, 15) is 18.3 Å². The predicted molar refractivity (Wildman–Crippen MR) is 108 cm³/mol. The van der Waals surface area contributed by atoms with Crippen LogP contribution in [0.4, 0.5) is 13.2 Å². The second-order valence-corrected chi connectivity index (χ2v) is 7.51. The van der Waals surface area contributed by atoms with Gasteiger partial charge >= 0.3 is 6.36 Å². The lowest BCUT2D eigenvalue weighted by Crippen LogP contribution is -2.44. The molecule has 0 radical (unpaired) electrons. The molecule has 3 aromatic rings. The molecule has 1 fully saturated rings. The zero-order chi connectivity index (χ0) is 21.9. The van der Waals surface area contributed by atoms with Crippen LogP contribution in [0.3, 0.4) is 0 Å². The quantitative estimate of drug-likeness (QED) is 0.628. The van der Waals surface area contributed by atoms with Gasteiger partial charge in [-0.25, -0.2) is 0 Å². The van der Waals surface area contributed by atoms with E-state index >= 15 is 0 Å².